The molecule has 4 rings (SSSR count). The zero-order valence-corrected chi connectivity index (χ0v) is 17.8. The van der Waals surface area contributed by atoms with Gasteiger partial charge in [0.1, 0.15) is 5.76 Å². The number of rotatable bonds is 4. The van der Waals surface area contributed by atoms with Crippen LogP contribution in [0.15, 0.2) is 100 Å². The topological polar surface area (TPSA) is 47.9 Å². The largest absolute Gasteiger partial charge is 0.466 e. The third kappa shape index (κ3) is 4.26. The van der Waals surface area contributed by atoms with E-state index in [1.165, 1.54) is 13.2 Å². The van der Waals surface area contributed by atoms with Crippen LogP contribution in [0.1, 0.15) is 16.7 Å². The maximum Gasteiger partial charge on any atom is 0.330 e. The van der Waals surface area contributed by atoms with Crippen LogP contribution in [0.3, 0.4) is 0 Å². The van der Waals surface area contributed by atoms with Gasteiger partial charge in [-0.15, -0.1) is 0 Å². The van der Waals surface area contributed by atoms with Crippen LogP contribution in [0.5, 0.6) is 0 Å². The van der Waals surface area contributed by atoms with Gasteiger partial charge in [0.2, 0.25) is 5.90 Å². The van der Waals surface area contributed by atoms with E-state index in [0.29, 0.717) is 11.7 Å². The van der Waals surface area contributed by atoms with E-state index in [9.17, 15) is 4.79 Å². The highest BCUT2D eigenvalue weighted by Gasteiger charge is 2.23. The molecule has 3 aromatic carbocycles. The second-order valence-electron chi connectivity index (χ2n) is 6.51. The Bertz CT molecular complexity index is 1160. The fraction of sp³-hybridized carbons (Fsp3) is 0.0400. The van der Waals surface area contributed by atoms with Crippen LogP contribution in [-0.4, -0.2) is 19.0 Å². The lowest BCUT2D eigenvalue weighted by molar-refractivity contribution is -0.134. The highest BCUT2D eigenvalue weighted by atomic mass is 79.9. The molecular weight excluding hydrogens is 442 g/mol. The summed E-state index contributed by atoms with van der Waals surface area (Å²) in [4.78, 5) is 16.5. The Labute approximate surface area is 183 Å². The van der Waals surface area contributed by atoms with E-state index in [2.05, 4.69) is 15.9 Å². The third-order valence-electron chi connectivity index (χ3n) is 4.58. The average molecular weight is 460 g/mol. The first-order chi connectivity index (χ1) is 14.7. The Morgan fingerprint density at radius 1 is 0.933 bits per heavy atom. The first-order valence-corrected chi connectivity index (χ1v) is 10.1. The molecule has 0 saturated heterocycles. The minimum absolute atomic E-state index is 0.439. The highest BCUT2D eigenvalue weighted by molar-refractivity contribution is 9.10. The zero-order valence-electron chi connectivity index (χ0n) is 16.2. The van der Waals surface area contributed by atoms with Crippen LogP contribution in [0.2, 0.25) is 0 Å². The number of ether oxygens (including phenoxy) is 2. The van der Waals surface area contributed by atoms with E-state index in [-0.39, 0.29) is 0 Å². The van der Waals surface area contributed by atoms with Gasteiger partial charge in [0.05, 0.1) is 12.8 Å². The number of hydrogen-bond donors (Lipinski definition) is 0. The van der Waals surface area contributed by atoms with Gasteiger partial charge in [-0.3, -0.25) is 0 Å². The number of methoxy groups -OCH3 is 1. The standard InChI is InChI=1S/C25H18BrNO3/c1-29-23(28)16-15-20(17-11-13-19(26)14-12-17)24-21-9-5-6-10-22(21)27-25(30-24)18-7-3-2-4-8-18/h2-16H,1H3/b16-15+,24-20-. The van der Waals surface area contributed by atoms with Crippen molar-refractivity contribution in [3.63, 3.8) is 0 Å². The number of para-hydroxylation sites is 1. The number of nitrogens with zero attached hydrogens (tertiary/aromatic N) is 1. The number of carbonyl (C=O) groups is 1. The molecule has 0 bridgehead atoms. The maximum atomic E-state index is 11.8. The number of carbonyl (C=O) groups excluding carboxylic acids is 1. The first-order valence-electron chi connectivity index (χ1n) is 9.33. The lowest BCUT2D eigenvalue weighted by Gasteiger charge is -2.22. The molecule has 148 valence electrons. The van der Waals surface area contributed by atoms with E-state index in [1.54, 1.807) is 6.08 Å². The summed E-state index contributed by atoms with van der Waals surface area (Å²) in [7, 11) is 1.35. The maximum absolute atomic E-state index is 11.8. The van der Waals surface area contributed by atoms with E-state index in [4.69, 9.17) is 14.5 Å². The number of aliphatic imine (C=N–C) groups is 1. The van der Waals surface area contributed by atoms with Crippen molar-refractivity contribution in [2.24, 2.45) is 4.99 Å². The lowest BCUT2D eigenvalue weighted by Crippen LogP contribution is -2.11. The summed E-state index contributed by atoms with van der Waals surface area (Å²) < 4.78 is 12.1. The molecule has 30 heavy (non-hydrogen) atoms. The molecule has 0 unspecified atom stereocenters. The molecule has 0 amide bonds. The minimum atomic E-state index is -0.439. The molecule has 0 N–H and O–H groups in total. The number of benzene rings is 3. The summed E-state index contributed by atoms with van der Waals surface area (Å²) in [6.45, 7) is 0. The summed E-state index contributed by atoms with van der Waals surface area (Å²) in [5.41, 5.74) is 4.18. The van der Waals surface area contributed by atoms with Crippen LogP contribution in [0.25, 0.3) is 11.3 Å². The molecule has 0 aliphatic carbocycles. The summed E-state index contributed by atoms with van der Waals surface area (Å²) in [5.74, 6) is 0.693. The Hall–Kier alpha value is -3.44. The van der Waals surface area contributed by atoms with Gasteiger partial charge >= 0.3 is 5.97 Å². The van der Waals surface area contributed by atoms with Crippen molar-refractivity contribution < 1.29 is 14.3 Å². The molecule has 0 saturated carbocycles. The van der Waals surface area contributed by atoms with Crippen LogP contribution in [0.4, 0.5) is 5.69 Å². The molecule has 0 aromatic heterocycles. The van der Waals surface area contributed by atoms with Gasteiger partial charge in [0.25, 0.3) is 0 Å². The highest BCUT2D eigenvalue weighted by Crippen LogP contribution is 2.38. The number of halogens is 1. The molecule has 0 spiro atoms. The first kappa shape index (κ1) is 19.9. The normalized spacial score (nSPS) is 14.5. The molecule has 1 aliphatic rings. The molecule has 1 aliphatic heterocycles. The summed E-state index contributed by atoms with van der Waals surface area (Å²) in [5, 5.41) is 0. The summed E-state index contributed by atoms with van der Waals surface area (Å²) in [6, 6.07) is 25.4. The van der Waals surface area contributed by atoms with Crippen molar-refractivity contribution in [3.8, 4) is 0 Å². The number of allylic oxidation sites excluding steroid dienone is 2. The molecular formula is C25H18BrNO3. The van der Waals surface area contributed by atoms with Crippen LogP contribution in [0, 0.1) is 0 Å². The fourth-order valence-corrected chi connectivity index (χ4v) is 3.37. The van der Waals surface area contributed by atoms with Gasteiger partial charge < -0.3 is 9.47 Å². The van der Waals surface area contributed by atoms with Crippen molar-refractivity contribution in [2.75, 3.05) is 7.11 Å². The van der Waals surface area contributed by atoms with E-state index < -0.39 is 5.97 Å². The SMILES string of the molecule is COC(=O)/C=C/C(=C1/OC(c2ccccc2)=Nc2ccccc21)c1ccc(Br)cc1. The van der Waals surface area contributed by atoms with Gasteiger partial charge in [0, 0.05) is 27.2 Å². The van der Waals surface area contributed by atoms with Crippen LogP contribution < -0.4 is 0 Å². The Kier molecular flexibility index (Phi) is 5.91. The third-order valence-corrected chi connectivity index (χ3v) is 5.11. The summed E-state index contributed by atoms with van der Waals surface area (Å²) >= 11 is 3.47. The number of hydrogen-bond acceptors (Lipinski definition) is 4. The van der Waals surface area contributed by atoms with Gasteiger partial charge in [-0.2, -0.15) is 0 Å². The smallest absolute Gasteiger partial charge is 0.330 e. The second kappa shape index (κ2) is 8.93. The number of esters is 1. The van der Waals surface area contributed by atoms with Crippen LogP contribution >= 0.6 is 15.9 Å². The zero-order chi connectivity index (χ0) is 20.9. The molecule has 3 aromatic rings. The molecule has 1 heterocycles. The fourth-order valence-electron chi connectivity index (χ4n) is 3.10. The monoisotopic (exact) mass is 459 g/mol. The predicted molar refractivity (Wildman–Crippen MR) is 122 cm³/mol. The van der Waals surface area contributed by atoms with E-state index in [0.717, 1.165) is 32.4 Å². The van der Waals surface area contributed by atoms with Gasteiger partial charge in [-0.1, -0.05) is 58.4 Å². The van der Waals surface area contributed by atoms with Crippen molar-refractivity contribution in [1.29, 1.82) is 0 Å². The average Bonchev–Trinajstić information content (AvgIpc) is 2.80. The predicted octanol–water partition coefficient (Wildman–Crippen LogP) is 6.16. The van der Waals surface area contributed by atoms with Gasteiger partial charge in [0.15, 0.2) is 0 Å². The van der Waals surface area contributed by atoms with E-state index in [1.807, 2.05) is 78.9 Å². The molecule has 4 nitrogen and oxygen atoms in total. The Balaban J connectivity index is 1.93. The van der Waals surface area contributed by atoms with Gasteiger partial charge in [-0.25, -0.2) is 9.79 Å². The van der Waals surface area contributed by atoms with Crippen molar-refractivity contribution >= 4 is 44.8 Å². The van der Waals surface area contributed by atoms with E-state index >= 15 is 0 Å². The van der Waals surface area contributed by atoms with Crippen LogP contribution in [-0.2, 0) is 14.3 Å². The van der Waals surface area contributed by atoms with Gasteiger partial charge in [-0.05, 0) is 48.0 Å². The summed E-state index contributed by atoms with van der Waals surface area (Å²) in [6.07, 6.45) is 3.11. The molecule has 5 heteroatoms. The second-order valence-corrected chi connectivity index (χ2v) is 7.42. The molecule has 0 radical (unpaired) electrons. The Morgan fingerprint density at radius 2 is 1.63 bits per heavy atom. The van der Waals surface area contributed by atoms with Crippen molar-refractivity contribution in [2.45, 2.75) is 0 Å². The molecule has 0 fully saturated rings. The van der Waals surface area contributed by atoms with Crippen molar-refractivity contribution in [1.82, 2.24) is 0 Å². The Morgan fingerprint density at radius 3 is 2.37 bits per heavy atom. The number of fused-ring (bicyclic) bond motifs is 1. The minimum Gasteiger partial charge on any atom is -0.466 e. The quantitative estimate of drug-likeness (QED) is 0.346. The molecule has 0 atom stereocenters. The lowest BCUT2D eigenvalue weighted by atomic mass is 9.98. The van der Waals surface area contributed by atoms with Crippen molar-refractivity contribution in [3.05, 3.63) is 112 Å².